The van der Waals surface area contributed by atoms with Crippen LogP contribution in [0.15, 0.2) is 35.9 Å². The van der Waals surface area contributed by atoms with Crippen LogP contribution in [0, 0.1) is 29.0 Å². The van der Waals surface area contributed by atoms with E-state index in [1.807, 2.05) is 12.1 Å². The Morgan fingerprint density at radius 2 is 2.03 bits per heavy atom. The molecule has 2 aliphatic heterocycles. The van der Waals surface area contributed by atoms with E-state index in [1.165, 1.54) is 16.5 Å². The van der Waals surface area contributed by atoms with E-state index >= 15 is 0 Å². The van der Waals surface area contributed by atoms with Crippen LogP contribution >= 0.6 is 0 Å². The molecule has 4 aliphatic rings. The molecule has 3 fully saturated rings. The summed E-state index contributed by atoms with van der Waals surface area (Å²) >= 11 is 0. The van der Waals surface area contributed by atoms with E-state index in [9.17, 15) is 14.3 Å². The molecule has 6 atom stereocenters. The van der Waals surface area contributed by atoms with Crippen LogP contribution in [-0.4, -0.2) is 56.0 Å². The van der Waals surface area contributed by atoms with E-state index < -0.39 is 6.10 Å². The topological polar surface area (TPSA) is 54.2 Å². The number of aliphatic hydroxyl groups excluding tert-OH is 1. The molecular formula is C25H34FN2O3+. The van der Waals surface area contributed by atoms with E-state index in [0.717, 1.165) is 45.4 Å². The van der Waals surface area contributed by atoms with Crippen molar-refractivity contribution in [2.45, 2.75) is 45.3 Å². The third-order valence-corrected chi connectivity index (χ3v) is 8.74. The first-order valence-electron chi connectivity index (χ1n) is 11.8. The number of carbonyl (C=O) groups excluding carboxylic acids is 1. The number of esters is 1. The first-order valence-corrected chi connectivity index (χ1v) is 11.8. The maximum Gasteiger partial charge on any atom is 0.315 e. The number of quaternary nitrogens is 1. The molecule has 0 aromatic heterocycles. The number of hydrogen-bond donors (Lipinski definition) is 2. The van der Waals surface area contributed by atoms with Crippen molar-refractivity contribution < 1.29 is 23.9 Å². The van der Waals surface area contributed by atoms with Gasteiger partial charge in [-0.15, -0.1) is 0 Å². The minimum Gasteiger partial charge on any atom is -0.461 e. The minimum absolute atomic E-state index is 0.132. The summed E-state index contributed by atoms with van der Waals surface area (Å²) in [7, 11) is 0. The Labute approximate surface area is 183 Å². The first-order chi connectivity index (χ1) is 14.9. The Morgan fingerprint density at radius 1 is 1.29 bits per heavy atom. The van der Waals surface area contributed by atoms with Crippen LogP contribution in [0.2, 0.25) is 0 Å². The van der Waals surface area contributed by atoms with Crippen LogP contribution in [0.1, 0.15) is 33.1 Å². The lowest BCUT2D eigenvalue weighted by molar-refractivity contribution is -0.903. The molecule has 2 aliphatic carbocycles. The van der Waals surface area contributed by atoms with Gasteiger partial charge in [0, 0.05) is 17.8 Å². The van der Waals surface area contributed by atoms with Gasteiger partial charge in [-0.25, -0.2) is 4.39 Å². The Morgan fingerprint density at radius 3 is 2.77 bits per heavy atom. The third kappa shape index (κ3) is 3.39. The number of nitrogens with one attached hydrogen (secondary N) is 1. The highest BCUT2D eigenvalue weighted by atomic mass is 19.1. The number of benzene rings is 1. The van der Waals surface area contributed by atoms with Crippen molar-refractivity contribution in [2.75, 3.05) is 37.6 Å². The summed E-state index contributed by atoms with van der Waals surface area (Å²) in [5.74, 6) is -0.322. The lowest BCUT2D eigenvalue weighted by Crippen LogP contribution is -3.15. The number of halogens is 1. The number of aliphatic hydroxyl groups is 1. The van der Waals surface area contributed by atoms with Crippen LogP contribution in [-0.2, 0) is 9.53 Å². The summed E-state index contributed by atoms with van der Waals surface area (Å²) in [4.78, 5) is 16.3. The van der Waals surface area contributed by atoms with E-state index in [1.54, 1.807) is 6.07 Å². The predicted molar refractivity (Wildman–Crippen MR) is 116 cm³/mol. The fourth-order valence-electron chi connectivity index (χ4n) is 6.58. The van der Waals surface area contributed by atoms with Crippen LogP contribution in [0.5, 0.6) is 0 Å². The Balaban J connectivity index is 1.28. The van der Waals surface area contributed by atoms with Crippen molar-refractivity contribution in [3.8, 4) is 0 Å². The molecule has 0 radical (unpaired) electrons. The molecule has 1 saturated carbocycles. The number of hydrogen-bond acceptors (Lipinski definition) is 4. The second-order valence-corrected chi connectivity index (χ2v) is 10.2. The molecule has 2 saturated heterocycles. The lowest BCUT2D eigenvalue weighted by atomic mass is 9.55. The van der Waals surface area contributed by atoms with E-state index in [4.69, 9.17) is 4.74 Å². The van der Waals surface area contributed by atoms with Gasteiger partial charge in [0.25, 0.3) is 0 Å². The maximum atomic E-state index is 14.1. The molecule has 5 nitrogen and oxygen atoms in total. The van der Waals surface area contributed by atoms with Crippen molar-refractivity contribution in [3.63, 3.8) is 0 Å². The highest BCUT2D eigenvalue weighted by Gasteiger charge is 2.60. The average Bonchev–Trinajstić information content (AvgIpc) is 3.06. The number of anilines is 1. The lowest BCUT2D eigenvalue weighted by Gasteiger charge is -2.51. The van der Waals surface area contributed by atoms with Crippen LogP contribution in [0.4, 0.5) is 10.1 Å². The van der Waals surface area contributed by atoms with Gasteiger partial charge in [-0.2, -0.15) is 0 Å². The quantitative estimate of drug-likeness (QED) is 0.569. The number of carbonyl (C=O) groups is 1. The van der Waals surface area contributed by atoms with Crippen molar-refractivity contribution in [1.82, 2.24) is 0 Å². The molecule has 6 heteroatoms. The second-order valence-electron chi connectivity index (χ2n) is 10.2. The van der Waals surface area contributed by atoms with Crippen molar-refractivity contribution in [3.05, 3.63) is 41.7 Å². The summed E-state index contributed by atoms with van der Waals surface area (Å²) in [6.45, 7) is 8.33. The molecule has 168 valence electrons. The highest BCUT2D eigenvalue weighted by Crippen LogP contribution is 2.55. The summed E-state index contributed by atoms with van der Waals surface area (Å²) in [6.07, 6.45) is 4.41. The molecule has 5 rings (SSSR count). The average molecular weight is 430 g/mol. The van der Waals surface area contributed by atoms with Crippen LogP contribution in [0.25, 0.3) is 0 Å². The van der Waals surface area contributed by atoms with Gasteiger partial charge in [0.2, 0.25) is 0 Å². The number of nitrogens with zero attached hydrogens (tertiary/aromatic N) is 1. The Kier molecular flexibility index (Phi) is 5.33. The van der Waals surface area contributed by atoms with Gasteiger partial charge in [0.05, 0.1) is 44.5 Å². The monoisotopic (exact) mass is 429 g/mol. The molecule has 2 heterocycles. The van der Waals surface area contributed by atoms with Gasteiger partial charge in [0.15, 0.2) is 0 Å². The second kappa shape index (κ2) is 7.89. The standard InChI is InChI=1S/C25H33FN2O3/c1-16-6-5-7-17-14-21-22(23(29)25(16,17)2)18(24(30)31-21)15-27-10-12-28(13-11-27)20-9-4-3-8-19(20)26/h3-4,7-9,16,18,21-23,29H,5-6,10-15H2,1-2H3/p+1/t16-,18+,21-,22-,23-,25-/m1/s1. The molecule has 1 aromatic rings. The zero-order chi connectivity index (χ0) is 21.8. The summed E-state index contributed by atoms with van der Waals surface area (Å²) < 4.78 is 20.0. The molecule has 2 N–H and O–H groups in total. The van der Waals surface area contributed by atoms with Gasteiger partial charge in [-0.1, -0.05) is 37.6 Å². The van der Waals surface area contributed by atoms with Gasteiger partial charge in [-0.05, 0) is 30.9 Å². The minimum atomic E-state index is -0.552. The third-order valence-electron chi connectivity index (χ3n) is 8.74. The zero-order valence-electron chi connectivity index (χ0n) is 18.5. The van der Waals surface area contributed by atoms with Gasteiger partial charge >= 0.3 is 5.97 Å². The number of fused-ring (bicyclic) bond motifs is 2. The smallest absolute Gasteiger partial charge is 0.315 e. The molecule has 1 aromatic carbocycles. The zero-order valence-corrected chi connectivity index (χ0v) is 18.5. The van der Waals surface area contributed by atoms with Gasteiger partial charge in [0.1, 0.15) is 17.8 Å². The van der Waals surface area contributed by atoms with Crippen molar-refractivity contribution in [2.24, 2.45) is 23.2 Å². The Bertz CT molecular complexity index is 881. The van der Waals surface area contributed by atoms with E-state index in [0.29, 0.717) is 18.2 Å². The van der Waals surface area contributed by atoms with Crippen LogP contribution < -0.4 is 9.80 Å². The fourth-order valence-corrected chi connectivity index (χ4v) is 6.58. The Hall–Kier alpha value is -1.92. The number of ether oxygens (including phenoxy) is 1. The summed E-state index contributed by atoms with van der Waals surface area (Å²) in [5.41, 5.74) is 1.67. The summed E-state index contributed by atoms with van der Waals surface area (Å²) in [5, 5.41) is 11.5. The SMILES string of the molecule is C[C@@H]1CCC=C2C[C@H]3OC(=O)[C@@H](C[NH+]4CCN(c5ccccc5F)CC4)[C@H]3[C@@H](O)[C@@]21C. The summed E-state index contributed by atoms with van der Waals surface area (Å²) in [6, 6.07) is 6.91. The molecular weight excluding hydrogens is 395 g/mol. The van der Waals surface area contributed by atoms with Gasteiger partial charge < -0.3 is 19.6 Å². The van der Waals surface area contributed by atoms with E-state index in [-0.39, 0.29) is 35.1 Å². The fraction of sp³-hybridized carbons (Fsp3) is 0.640. The largest absolute Gasteiger partial charge is 0.461 e. The molecule has 0 spiro atoms. The number of allylic oxidation sites excluding steroid dienone is 1. The highest BCUT2D eigenvalue weighted by molar-refractivity contribution is 5.76. The van der Waals surface area contributed by atoms with Crippen LogP contribution in [0.3, 0.4) is 0 Å². The molecule has 0 unspecified atom stereocenters. The molecule has 0 amide bonds. The number of piperazine rings is 1. The number of rotatable bonds is 3. The van der Waals surface area contributed by atoms with E-state index in [2.05, 4.69) is 24.8 Å². The van der Waals surface area contributed by atoms with Gasteiger partial charge in [-0.3, -0.25) is 4.79 Å². The molecule has 31 heavy (non-hydrogen) atoms. The maximum absolute atomic E-state index is 14.1. The predicted octanol–water partition coefficient (Wildman–Crippen LogP) is 1.82. The van der Waals surface area contributed by atoms with Crippen molar-refractivity contribution in [1.29, 1.82) is 0 Å². The normalized spacial score (nSPS) is 38.3. The molecule has 0 bridgehead atoms. The first kappa shape index (κ1) is 21.0. The van der Waals surface area contributed by atoms with Crippen molar-refractivity contribution >= 4 is 11.7 Å². The number of para-hydroxylation sites is 1.